The lowest BCUT2D eigenvalue weighted by Crippen LogP contribution is -2.41. The second-order valence-electron chi connectivity index (χ2n) is 4.89. The van der Waals surface area contributed by atoms with Gasteiger partial charge >= 0.3 is 12.0 Å². The van der Waals surface area contributed by atoms with Crippen molar-refractivity contribution in [3.05, 3.63) is 34.6 Å². The standard InChI is InChI=1S/C15H20ClFN2O4/c1-23-8-7-19(15(22)18-6-2-3-14(20)21)10-11-4-5-13(17)12(16)9-11/h4-5,9H,2-3,6-8,10H2,1H3,(H,18,22)(H,20,21). The number of nitrogens with zero attached hydrogens (tertiary/aromatic N) is 1. The third-order valence-corrected chi connectivity index (χ3v) is 3.34. The number of urea groups is 1. The molecule has 0 radical (unpaired) electrons. The minimum atomic E-state index is -0.906. The van der Waals surface area contributed by atoms with Crippen molar-refractivity contribution in [2.75, 3.05) is 26.8 Å². The monoisotopic (exact) mass is 346 g/mol. The summed E-state index contributed by atoms with van der Waals surface area (Å²) in [4.78, 5) is 24.1. The summed E-state index contributed by atoms with van der Waals surface area (Å²) >= 11 is 5.74. The summed E-state index contributed by atoms with van der Waals surface area (Å²) < 4.78 is 18.2. The SMILES string of the molecule is COCCN(Cc1ccc(F)c(Cl)c1)C(=O)NCCCC(=O)O. The molecule has 0 aliphatic rings. The van der Waals surface area contributed by atoms with E-state index in [9.17, 15) is 14.0 Å². The Morgan fingerprint density at radius 2 is 2.17 bits per heavy atom. The number of ether oxygens (including phenoxy) is 1. The maximum atomic E-state index is 13.2. The van der Waals surface area contributed by atoms with E-state index in [1.165, 1.54) is 24.1 Å². The van der Waals surface area contributed by atoms with E-state index in [1.807, 2.05) is 0 Å². The summed E-state index contributed by atoms with van der Waals surface area (Å²) in [5.41, 5.74) is 0.688. The predicted molar refractivity (Wildman–Crippen MR) is 84.0 cm³/mol. The second kappa shape index (κ2) is 10.0. The van der Waals surface area contributed by atoms with Crippen LogP contribution in [0.25, 0.3) is 0 Å². The molecule has 0 fully saturated rings. The lowest BCUT2D eigenvalue weighted by Gasteiger charge is -2.23. The van der Waals surface area contributed by atoms with E-state index in [2.05, 4.69) is 5.32 Å². The number of hydrogen-bond donors (Lipinski definition) is 2. The molecule has 8 heteroatoms. The van der Waals surface area contributed by atoms with Gasteiger partial charge in [0.25, 0.3) is 0 Å². The van der Waals surface area contributed by atoms with Crippen LogP contribution >= 0.6 is 11.6 Å². The number of amides is 2. The van der Waals surface area contributed by atoms with Crippen LogP contribution in [0.15, 0.2) is 18.2 Å². The molecule has 1 aromatic carbocycles. The van der Waals surface area contributed by atoms with Gasteiger partial charge in [-0.05, 0) is 24.1 Å². The van der Waals surface area contributed by atoms with Crippen LogP contribution in [-0.4, -0.2) is 48.8 Å². The van der Waals surface area contributed by atoms with Crippen molar-refractivity contribution in [1.82, 2.24) is 10.2 Å². The van der Waals surface area contributed by atoms with Gasteiger partial charge in [-0.1, -0.05) is 17.7 Å². The van der Waals surface area contributed by atoms with Crippen molar-refractivity contribution in [2.45, 2.75) is 19.4 Å². The third-order valence-electron chi connectivity index (χ3n) is 3.05. The molecule has 1 rings (SSSR count). The van der Waals surface area contributed by atoms with E-state index < -0.39 is 11.8 Å². The van der Waals surface area contributed by atoms with Gasteiger partial charge in [-0.15, -0.1) is 0 Å². The summed E-state index contributed by atoms with van der Waals surface area (Å²) in [7, 11) is 1.53. The zero-order chi connectivity index (χ0) is 17.2. The van der Waals surface area contributed by atoms with Gasteiger partial charge in [0, 0.05) is 33.2 Å². The number of carbonyl (C=O) groups excluding carboxylic acids is 1. The molecule has 0 saturated heterocycles. The normalized spacial score (nSPS) is 10.4. The number of methoxy groups -OCH3 is 1. The maximum Gasteiger partial charge on any atom is 0.317 e. The quantitative estimate of drug-likeness (QED) is 0.673. The number of carboxylic acid groups (broad SMARTS) is 1. The average Bonchev–Trinajstić information content (AvgIpc) is 2.51. The zero-order valence-electron chi connectivity index (χ0n) is 12.8. The maximum absolute atomic E-state index is 13.2. The molecule has 0 bridgehead atoms. The molecular weight excluding hydrogens is 327 g/mol. The first kappa shape index (κ1) is 19.2. The molecule has 128 valence electrons. The van der Waals surface area contributed by atoms with Gasteiger partial charge in [0.1, 0.15) is 5.82 Å². The Kier molecular flexibility index (Phi) is 8.36. The highest BCUT2D eigenvalue weighted by molar-refractivity contribution is 6.30. The smallest absolute Gasteiger partial charge is 0.317 e. The highest BCUT2D eigenvalue weighted by Crippen LogP contribution is 2.17. The number of aliphatic carboxylic acids is 1. The van der Waals surface area contributed by atoms with Gasteiger partial charge < -0.3 is 20.1 Å². The molecule has 1 aromatic rings. The topological polar surface area (TPSA) is 78.9 Å². The molecule has 0 aliphatic carbocycles. The Bertz CT molecular complexity index is 542. The van der Waals surface area contributed by atoms with E-state index in [0.717, 1.165) is 0 Å². The highest BCUT2D eigenvalue weighted by atomic mass is 35.5. The fraction of sp³-hybridized carbons (Fsp3) is 0.467. The fourth-order valence-electron chi connectivity index (χ4n) is 1.86. The molecule has 2 amide bonds. The summed E-state index contributed by atoms with van der Waals surface area (Å²) in [6.07, 6.45) is 0.341. The van der Waals surface area contributed by atoms with Crippen molar-refractivity contribution in [2.24, 2.45) is 0 Å². The van der Waals surface area contributed by atoms with Gasteiger partial charge in [-0.2, -0.15) is 0 Å². The van der Waals surface area contributed by atoms with E-state index in [-0.39, 0.29) is 30.6 Å². The van der Waals surface area contributed by atoms with Crippen LogP contribution in [0.5, 0.6) is 0 Å². The molecule has 0 saturated carbocycles. The number of carboxylic acids is 1. The summed E-state index contributed by atoms with van der Waals surface area (Å²) in [6, 6.07) is 3.93. The molecular formula is C15H20ClFN2O4. The van der Waals surface area contributed by atoms with E-state index in [0.29, 0.717) is 25.1 Å². The molecule has 0 heterocycles. The largest absolute Gasteiger partial charge is 0.481 e. The molecule has 0 aromatic heterocycles. The van der Waals surface area contributed by atoms with Crippen molar-refractivity contribution in [3.8, 4) is 0 Å². The van der Waals surface area contributed by atoms with Crippen LogP contribution in [0.4, 0.5) is 9.18 Å². The number of hydrogen-bond acceptors (Lipinski definition) is 3. The van der Waals surface area contributed by atoms with Crippen LogP contribution in [0, 0.1) is 5.82 Å². The highest BCUT2D eigenvalue weighted by Gasteiger charge is 2.14. The van der Waals surface area contributed by atoms with Crippen LogP contribution in [0.1, 0.15) is 18.4 Å². The minimum Gasteiger partial charge on any atom is -0.481 e. The zero-order valence-corrected chi connectivity index (χ0v) is 13.6. The van der Waals surface area contributed by atoms with E-state index >= 15 is 0 Å². The lowest BCUT2D eigenvalue weighted by atomic mass is 10.2. The molecule has 2 N–H and O–H groups in total. The Morgan fingerprint density at radius 1 is 1.43 bits per heavy atom. The van der Waals surface area contributed by atoms with Gasteiger partial charge in [0.15, 0.2) is 0 Å². The van der Waals surface area contributed by atoms with Crippen molar-refractivity contribution < 1.29 is 23.8 Å². The van der Waals surface area contributed by atoms with Crippen molar-refractivity contribution in [3.63, 3.8) is 0 Å². The number of benzene rings is 1. The molecule has 0 unspecified atom stereocenters. The van der Waals surface area contributed by atoms with Crippen LogP contribution in [0.2, 0.25) is 5.02 Å². The fourth-order valence-corrected chi connectivity index (χ4v) is 2.06. The number of rotatable bonds is 9. The Labute approximate surface area is 139 Å². The van der Waals surface area contributed by atoms with Crippen LogP contribution in [0.3, 0.4) is 0 Å². The Hall–Kier alpha value is -1.86. The summed E-state index contributed by atoms with van der Waals surface area (Å²) in [5.74, 6) is -1.42. The van der Waals surface area contributed by atoms with Gasteiger partial charge in [0.2, 0.25) is 0 Å². The minimum absolute atomic E-state index is 0.00365. The second-order valence-corrected chi connectivity index (χ2v) is 5.30. The van der Waals surface area contributed by atoms with E-state index in [4.69, 9.17) is 21.4 Å². The molecule has 0 atom stereocenters. The molecule has 0 spiro atoms. The number of halogens is 2. The summed E-state index contributed by atoms with van der Waals surface area (Å²) in [5, 5.41) is 11.2. The van der Waals surface area contributed by atoms with Crippen molar-refractivity contribution in [1.29, 1.82) is 0 Å². The first-order valence-corrected chi connectivity index (χ1v) is 7.49. The third kappa shape index (κ3) is 7.30. The average molecular weight is 347 g/mol. The summed E-state index contributed by atoms with van der Waals surface area (Å²) in [6.45, 7) is 1.20. The van der Waals surface area contributed by atoms with Gasteiger partial charge in [-0.3, -0.25) is 4.79 Å². The first-order chi connectivity index (χ1) is 10.9. The van der Waals surface area contributed by atoms with Gasteiger partial charge in [0.05, 0.1) is 11.6 Å². The van der Waals surface area contributed by atoms with Gasteiger partial charge in [-0.25, -0.2) is 9.18 Å². The lowest BCUT2D eigenvalue weighted by molar-refractivity contribution is -0.137. The number of carbonyl (C=O) groups is 2. The molecule has 23 heavy (non-hydrogen) atoms. The predicted octanol–water partition coefficient (Wildman–Crippen LogP) is 2.50. The Morgan fingerprint density at radius 3 is 2.78 bits per heavy atom. The number of nitrogens with one attached hydrogen (secondary N) is 1. The Balaban J connectivity index is 2.61. The van der Waals surface area contributed by atoms with Crippen LogP contribution < -0.4 is 5.32 Å². The molecule has 6 nitrogen and oxygen atoms in total. The van der Waals surface area contributed by atoms with E-state index in [1.54, 1.807) is 6.07 Å². The first-order valence-electron chi connectivity index (χ1n) is 7.11. The van der Waals surface area contributed by atoms with Crippen molar-refractivity contribution >= 4 is 23.6 Å². The van der Waals surface area contributed by atoms with Crippen LogP contribution in [-0.2, 0) is 16.1 Å². The molecule has 0 aliphatic heterocycles.